The number of rotatable bonds is 5. The molecule has 2 atom stereocenters. The van der Waals surface area contributed by atoms with Crippen molar-refractivity contribution in [2.75, 3.05) is 13.6 Å². The second kappa shape index (κ2) is 7.81. The molecule has 1 aliphatic carbocycles. The Labute approximate surface area is 149 Å². The van der Waals surface area contributed by atoms with Crippen LogP contribution in [0.3, 0.4) is 0 Å². The lowest BCUT2D eigenvalue weighted by Crippen LogP contribution is -2.34. The number of hydrogen-bond acceptors (Lipinski definition) is 4. The van der Waals surface area contributed by atoms with Crippen molar-refractivity contribution in [2.45, 2.75) is 38.3 Å². The standard InChI is InChI=1S/C20H26N4O/c1-23(12-17-5-3-4-6-19(17)25)13-18-14-24(2)22-20(18)16-9-7-15(11-21)8-10-16/h7-10,14,17,19,25H,3-6,12-13H2,1-2H3. The van der Waals surface area contributed by atoms with E-state index in [0.717, 1.165) is 43.6 Å². The second-order valence-electron chi connectivity index (χ2n) is 7.17. The van der Waals surface area contributed by atoms with Gasteiger partial charge in [0.15, 0.2) is 0 Å². The fourth-order valence-corrected chi connectivity index (χ4v) is 3.76. The SMILES string of the molecule is CN(Cc1cn(C)nc1-c1ccc(C#N)cc1)CC1CCCCC1O. The summed E-state index contributed by atoms with van der Waals surface area (Å²) in [6.07, 6.45) is 6.30. The molecule has 2 aromatic rings. The molecule has 1 aliphatic rings. The number of benzene rings is 1. The first kappa shape index (κ1) is 17.7. The van der Waals surface area contributed by atoms with Crippen LogP contribution in [-0.4, -0.2) is 39.5 Å². The Balaban J connectivity index is 1.72. The van der Waals surface area contributed by atoms with Crippen LogP contribution in [0.15, 0.2) is 30.5 Å². The first-order valence-corrected chi connectivity index (χ1v) is 8.96. The predicted molar refractivity (Wildman–Crippen MR) is 97.7 cm³/mol. The minimum Gasteiger partial charge on any atom is -0.393 e. The Morgan fingerprint density at radius 3 is 2.68 bits per heavy atom. The number of nitriles is 1. The zero-order valence-corrected chi connectivity index (χ0v) is 15.0. The summed E-state index contributed by atoms with van der Waals surface area (Å²) in [5.41, 5.74) is 3.81. The highest BCUT2D eigenvalue weighted by molar-refractivity contribution is 5.63. The van der Waals surface area contributed by atoms with Crippen molar-refractivity contribution in [2.24, 2.45) is 13.0 Å². The Hall–Kier alpha value is -2.16. The molecule has 0 spiro atoms. The third-order valence-corrected chi connectivity index (χ3v) is 5.05. The van der Waals surface area contributed by atoms with Crippen molar-refractivity contribution in [1.82, 2.24) is 14.7 Å². The van der Waals surface area contributed by atoms with E-state index in [2.05, 4.69) is 29.3 Å². The molecule has 0 bridgehead atoms. The summed E-state index contributed by atoms with van der Waals surface area (Å²) in [6.45, 7) is 1.70. The predicted octanol–water partition coefficient (Wildman–Crippen LogP) is 2.94. The molecule has 1 aromatic carbocycles. The fraction of sp³-hybridized carbons (Fsp3) is 0.500. The summed E-state index contributed by atoms with van der Waals surface area (Å²) < 4.78 is 1.84. The van der Waals surface area contributed by atoms with Gasteiger partial charge in [-0.2, -0.15) is 10.4 Å². The maximum atomic E-state index is 10.2. The zero-order valence-electron chi connectivity index (χ0n) is 15.0. The molecular weight excluding hydrogens is 312 g/mol. The van der Waals surface area contributed by atoms with Crippen LogP contribution in [0.25, 0.3) is 11.3 Å². The van der Waals surface area contributed by atoms with Crippen molar-refractivity contribution in [1.29, 1.82) is 5.26 Å². The van der Waals surface area contributed by atoms with E-state index >= 15 is 0 Å². The monoisotopic (exact) mass is 338 g/mol. The third kappa shape index (κ3) is 4.28. The molecule has 0 radical (unpaired) electrons. The molecule has 2 unspecified atom stereocenters. The summed E-state index contributed by atoms with van der Waals surface area (Å²) in [4.78, 5) is 2.28. The zero-order chi connectivity index (χ0) is 17.8. The topological polar surface area (TPSA) is 65.1 Å². The molecule has 5 heteroatoms. The van der Waals surface area contributed by atoms with Gasteiger partial charge < -0.3 is 10.0 Å². The molecule has 5 nitrogen and oxygen atoms in total. The van der Waals surface area contributed by atoms with Crippen LogP contribution in [0.5, 0.6) is 0 Å². The average molecular weight is 338 g/mol. The molecule has 1 fully saturated rings. The highest BCUT2D eigenvalue weighted by Gasteiger charge is 2.24. The van der Waals surface area contributed by atoms with E-state index in [1.165, 1.54) is 12.0 Å². The Bertz CT molecular complexity index is 744. The molecule has 0 amide bonds. The van der Waals surface area contributed by atoms with E-state index in [0.29, 0.717) is 11.5 Å². The largest absolute Gasteiger partial charge is 0.393 e. The first-order chi connectivity index (χ1) is 12.1. The van der Waals surface area contributed by atoms with E-state index in [9.17, 15) is 5.11 Å². The first-order valence-electron chi connectivity index (χ1n) is 8.96. The number of nitrogens with zero attached hydrogens (tertiary/aromatic N) is 4. The Kier molecular flexibility index (Phi) is 5.52. The molecule has 1 saturated carbocycles. The van der Waals surface area contributed by atoms with E-state index in [1.54, 1.807) is 0 Å². The molecule has 1 aromatic heterocycles. The van der Waals surface area contributed by atoms with E-state index in [1.807, 2.05) is 36.0 Å². The highest BCUT2D eigenvalue weighted by Crippen LogP contribution is 2.27. The third-order valence-electron chi connectivity index (χ3n) is 5.05. The van der Waals surface area contributed by atoms with Crippen LogP contribution in [0.4, 0.5) is 0 Å². The van der Waals surface area contributed by atoms with Crippen molar-refractivity contribution in [3.63, 3.8) is 0 Å². The highest BCUT2D eigenvalue weighted by atomic mass is 16.3. The molecular formula is C20H26N4O. The fourth-order valence-electron chi connectivity index (χ4n) is 3.76. The van der Waals surface area contributed by atoms with Gasteiger partial charge in [0.05, 0.1) is 23.4 Å². The van der Waals surface area contributed by atoms with Gasteiger partial charge in [0.2, 0.25) is 0 Å². The normalized spacial score (nSPS) is 20.6. The lowest BCUT2D eigenvalue weighted by molar-refractivity contribution is 0.0502. The number of aliphatic hydroxyl groups excluding tert-OH is 1. The van der Waals surface area contributed by atoms with Gasteiger partial charge in [-0.05, 0) is 37.9 Å². The second-order valence-corrected chi connectivity index (χ2v) is 7.17. The molecule has 1 heterocycles. The summed E-state index contributed by atoms with van der Waals surface area (Å²) in [5.74, 6) is 0.369. The minimum absolute atomic E-state index is 0.164. The van der Waals surface area contributed by atoms with Gasteiger partial charge in [-0.3, -0.25) is 4.68 Å². The quantitative estimate of drug-likeness (QED) is 0.910. The van der Waals surface area contributed by atoms with E-state index in [-0.39, 0.29) is 6.10 Å². The Morgan fingerprint density at radius 2 is 2.00 bits per heavy atom. The minimum atomic E-state index is -0.164. The van der Waals surface area contributed by atoms with Gasteiger partial charge in [0.25, 0.3) is 0 Å². The molecule has 132 valence electrons. The average Bonchev–Trinajstić information content (AvgIpc) is 2.97. The van der Waals surface area contributed by atoms with Crippen LogP contribution in [-0.2, 0) is 13.6 Å². The van der Waals surface area contributed by atoms with Gasteiger partial charge in [-0.15, -0.1) is 0 Å². The van der Waals surface area contributed by atoms with Gasteiger partial charge in [0.1, 0.15) is 0 Å². The smallest absolute Gasteiger partial charge is 0.0991 e. The molecule has 3 rings (SSSR count). The van der Waals surface area contributed by atoms with Gasteiger partial charge in [0, 0.05) is 37.5 Å². The van der Waals surface area contributed by atoms with Crippen molar-refractivity contribution >= 4 is 0 Å². The van der Waals surface area contributed by atoms with Crippen molar-refractivity contribution in [3.05, 3.63) is 41.6 Å². The van der Waals surface area contributed by atoms with Crippen LogP contribution in [0.1, 0.15) is 36.8 Å². The lowest BCUT2D eigenvalue weighted by Gasteiger charge is -2.31. The summed E-state index contributed by atoms with van der Waals surface area (Å²) >= 11 is 0. The van der Waals surface area contributed by atoms with Crippen LogP contribution >= 0.6 is 0 Å². The number of hydrogen-bond donors (Lipinski definition) is 1. The molecule has 0 aliphatic heterocycles. The summed E-state index contributed by atoms with van der Waals surface area (Å²) in [7, 11) is 4.04. The number of aryl methyl sites for hydroxylation is 1. The van der Waals surface area contributed by atoms with Crippen molar-refractivity contribution < 1.29 is 5.11 Å². The maximum Gasteiger partial charge on any atom is 0.0991 e. The number of aromatic nitrogens is 2. The van der Waals surface area contributed by atoms with Crippen LogP contribution in [0.2, 0.25) is 0 Å². The maximum absolute atomic E-state index is 10.2. The van der Waals surface area contributed by atoms with Crippen molar-refractivity contribution in [3.8, 4) is 17.3 Å². The molecule has 0 saturated heterocycles. The Morgan fingerprint density at radius 1 is 1.28 bits per heavy atom. The summed E-state index contributed by atoms with van der Waals surface area (Å²) in [5, 5.41) is 23.8. The van der Waals surface area contributed by atoms with Gasteiger partial charge in [-0.1, -0.05) is 25.0 Å². The van der Waals surface area contributed by atoms with E-state index in [4.69, 9.17) is 5.26 Å². The van der Waals surface area contributed by atoms with Crippen LogP contribution in [0, 0.1) is 17.2 Å². The van der Waals surface area contributed by atoms with E-state index < -0.39 is 0 Å². The lowest BCUT2D eigenvalue weighted by atomic mass is 9.86. The molecule has 1 N–H and O–H groups in total. The number of aliphatic hydroxyl groups is 1. The molecule has 25 heavy (non-hydrogen) atoms. The van der Waals surface area contributed by atoms with Gasteiger partial charge >= 0.3 is 0 Å². The summed E-state index contributed by atoms with van der Waals surface area (Å²) in [6, 6.07) is 9.72. The van der Waals surface area contributed by atoms with Gasteiger partial charge in [-0.25, -0.2) is 0 Å². The van der Waals surface area contributed by atoms with Crippen LogP contribution < -0.4 is 0 Å².